The van der Waals surface area contributed by atoms with Gasteiger partial charge in [0.05, 0.1) is 17.6 Å². The minimum absolute atomic E-state index is 0. The highest BCUT2D eigenvalue weighted by molar-refractivity contribution is 7.89. The number of carbonyl (C=O) groups is 1. The molecule has 0 radical (unpaired) electrons. The molecule has 8 heteroatoms. The van der Waals surface area contributed by atoms with Crippen LogP contribution in [0.2, 0.25) is 0 Å². The highest BCUT2D eigenvalue weighted by Gasteiger charge is 2.19. The van der Waals surface area contributed by atoms with Crippen LogP contribution in [-0.4, -0.2) is 41.1 Å². The number of sulfonamides is 1. The highest BCUT2D eigenvalue weighted by atomic mass is 35.5. The third-order valence-electron chi connectivity index (χ3n) is 3.31. The molecule has 1 saturated heterocycles. The Morgan fingerprint density at radius 3 is 2.57 bits per heavy atom. The van der Waals surface area contributed by atoms with Crippen molar-refractivity contribution >= 4 is 28.4 Å². The zero-order valence-corrected chi connectivity index (χ0v) is 13.3. The van der Waals surface area contributed by atoms with Gasteiger partial charge in [0, 0.05) is 6.54 Å². The van der Waals surface area contributed by atoms with E-state index in [1.54, 1.807) is 0 Å². The summed E-state index contributed by atoms with van der Waals surface area (Å²) in [5, 5.41) is 3.19. The van der Waals surface area contributed by atoms with Gasteiger partial charge in [-0.1, -0.05) is 0 Å². The Kier molecular flexibility index (Phi) is 6.60. The molecule has 0 spiro atoms. The van der Waals surface area contributed by atoms with Gasteiger partial charge in [-0.2, -0.15) is 0 Å². The molecule has 0 amide bonds. The van der Waals surface area contributed by atoms with Crippen LogP contribution in [0.3, 0.4) is 0 Å². The van der Waals surface area contributed by atoms with Gasteiger partial charge in [0.2, 0.25) is 10.0 Å². The van der Waals surface area contributed by atoms with E-state index in [4.69, 9.17) is 0 Å². The van der Waals surface area contributed by atoms with Crippen molar-refractivity contribution in [2.75, 3.05) is 26.7 Å². The molecular weight excluding hydrogens is 316 g/mol. The van der Waals surface area contributed by atoms with Gasteiger partial charge in [0.15, 0.2) is 0 Å². The normalized spacial score (nSPS) is 18.0. The third kappa shape index (κ3) is 4.67. The van der Waals surface area contributed by atoms with E-state index in [1.165, 1.54) is 31.4 Å². The van der Waals surface area contributed by atoms with Crippen molar-refractivity contribution in [2.24, 2.45) is 5.92 Å². The molecule has 2 rings (SSSR count). The molecule has 1 aliphatic rings. The van der Waals surface area contributed by atoms with Gasteiger partial charge in [-0.3, -0.25) is 0 Å². The van der Waals surface area contributed by atoms with E-state index < -0.39 is 16.0 Å². The van der Waals surface area contributed by atoms with Crippen LogP contribution in [0.15, 0.2) is 29.2 Å². The van der Waals surface area contributed by atoms with Gasteiger partial charge in [-0.15, -0.1) is 12.4 Å². The minimum atomic E-state index is -3.53. The average Bonchev–Trinajstić information content (AvgIpc) is 2.98. The second-order valence-electron chi connectivity index (χ2n) is 4.73. The largest absolute Gasteiger partial charge is 0.465 e. The lowest BCUT2D eigenvalue weighted by molar-refractivity contribution is 0.0600. The maximum atomic E-state index is 12.1. The number of ether oxygens (including phenoxy) is 1. The van der Waals surface area contributed by atoms with Crippen molar-refractivity contribution in [1.82, 2.24) is 10.0 Å². The molecular formula is C13H19ClN2O4S. The van der Waals surface area contributed by atoms with E-state index >= 15 is 0 Å². The van der Waals surface area contributed by atoms with E-state index in [1.807, 2.05) is 0 Å². The zero-order chi connectivity index (χ0) is 14.6. The standard InChI is InChI=1S/C13H18N2O4S.ClH/c1-19-13(16)11-2-4-12(5-3-11)20(17,18)15-9-10-6-7-14-8-10;/h2-5,10,14-15H,6-9H2,1H3;1H. The summed E-state index contributed by atoms with van der Waals surface area (Å²) in [6, 6.07) is 5.69. The minimum Gasteiger partial charge on any atom is -0.465 e. The molecule has 0 aromatic heterocycles. The SMILES string of the molecule is COC(=O)c1ccc(S(=O)(=O)NCC2CCNC2)cc1.Cl. The van der Waals surface area contributed by atoms with E-state index in [-0.39, 0.29) is 17.3 Å². The van der Waals surface area contributed by atoms with Crippen molar-refractivity contribution in [3.8, 4) is 0 Å². The van der Waals surface area contributed by atoms with Crippen LogP contribution in [0.5, 0.6) is 0 Å². The number of hydrogen-bond acceptors (Lipinski definition) is 5. The van der Waals surface area contributed by atoms with Gasteiger partial charge in [-0.05, 0) is 49.7 Å². The van der Waals surface area contributed by atoms with Crippen LogP contribution in [0.25, 0.3) is 0 Å². The van der Waals surface area contributed by atoms with Crippen LogP contribution in [0.1, 0.15) is 16.8 Å². The Hall–Kier alpha value is -1.15. The number of halogens is 1. The lowest BCUT2D eigenvalue weighted by atomic mass is 10.1. The molecule has 1 heterocycles. The Labute approximate surface area is 130 Å². The second-order valence-corrected chi connectivity index (χ2v) is 6.49. The third-order valence-corrected chi connectivity index (χ3v) is 4.75. The predicted molar refractivity (Wildman–Crippen MR) is 81.2 cm³/mol. The van der Waals surface area contributed by atoms with Crippen molar-refractivity contribution in [3.63, 3.8) is 0 Å². The molecule has 0 saturated carbocycles. The topological polar surface area (TPSA) is 84.5 Å². The molecule has 1 fully saturated rings. The van der Waals surface area contributed by atoms with Crippen LogP contribution < -0.4 is 10.0 Å². The summed E-state index contributed by atoms with van der Waals surface area (Å²) in [5.74, 6) is -0.155. The molecule has 0 bridgehead atoms. The molecule has 6 nitrogen and oxygen atoms in total. The zero-order valence-electron chi connectivity index (χ0n) is 11.7. The first-order valence-electron chi connectivity index (χ1n) is 6.41. The predicted octanol–water partition coefficient (Wildman–Crippen LogP) is 0.783. The molecule has 1 aromatic rings. The van der Waals surface area contributed by atoms with Crippen LogP contribution in [0, 0.1) is 5.92 Å². The van der Waals surface area contributed by atoms with Gasteiger partial charge in [0.25, 0.3) is 0 Å². The summed E-state index contributed by atoms with van der Waals surface area (Å²) in [5.41, 5.74) is 0.325. The van der Waals surface area contributed by atoms with Gasteiger partial charge in [-0.25, -0.2) is 17.9 Å². The number of nitrogens with one attached hydrogen (secondary N) is 2. The number of esters is 1. The number of hydrogen-bond donors (Lipinski definition) is 2. The Bertz CT molecular complexity index is 568. The lowest BCUT2D eigenvalue weighted by Crippen LogP contribution is -2.30. The first-order chi connectivity index (χ1) is 9.53. The summed E-state index contributed by atoms with van der Waals surface area (Å²) in [6.07, 6.45) is 0.976. The van der Waals surface area contributed by atoms with E-state index in [9.17, 15) is 13.2 Å². The molecule has 1 atom stereocenters. The summed E-state index contributed by atoms with van der Waals surface area (Å²) >= 11 is 0. The summed E-state index contributed by atoms with van der Waals surface area (Å²) < 4.78 is 31.3. The van der Waals surface area contributed by atoms with Crippen LogP contribution in [-0.2, 0) is 14.8 Å². The quantitative estimate of drug-likeness (QED) is 0.777. The van der Waals surface area contributed by atoms with Crippen molar-refractivity contribution < 1.29 is 17.9 Å². The maximum absolute atomic E-state index is 12.1. The summed E-state index contributed by atoms with van der Waals surface area (Å²) in [7, 11) is -2.24. The molecule has 1 aliphatic heterocycles. The average molecular weight is 335 g/mol. The fraction of sp³-hybridized carbons (Fsp3) is 0.462. The Balaban J connectivity index is 0.00000220. The fourth-order valence-electron chi connectivity index (χ4n) is 2.09. The number of carbonyl (C=O) groups excluding carboxylic acids is 1. The van der Waals surface area contributed by atoms with E-state index in [0.29, 0.717) is 18.0 Å². The number of rotatable bonds is 5. The van der Waals surface area contributed by atoms with Crippen LogP contribution in [0.4, 0.5) is 0 Å². The van der Waals surface area contributed by atoms with Crippen LogP contribution >= 0.6 is 12.4 Å². The van der Waals surface area contributed by atoms with E-state index in [2.05, 4.69) is 14.8 Å². The van der Waals surface area contributed by atoms with Crippen molar-refractivity contribution in [2.45, 2.75) is 11.3 Å². The maximum Gasteiger partial charge on any atom is 0.337 e. The molecule has 1 unspecified atom stereocenters. The first kappa shape index (κ1) is 17.9. The van der Waals surface area contributed by atoms with Crippen molar-refractivity contribution in [1.29, 1.82) is 0 Å². The number of benzene rings is 1. The fourth-order valence-corrected chi connectivity index (χ4v) is 3.20. The highest BCUT2D eigenvalue weighted by Crippen LogP contribution is 2.13. The monoisotopic (exact) mass is 334 g/mol. The number of methoxy groups -OCH3 is 1. The molecule has 0 aliphatic carbocycles. The first-order valence-corrected chi connectivity index (χ1v) is 7.90. The Morgan fingerprint density at radius 1 is 1.38 bits per heavy atom. The van der Waals surface area contributed by atoms with Gasteiger partial charge in [0.1, 0.15) is 0 Å². The van der Waals surface area contributed by atoms with Crippen molar-refractivity contribution in [3.05, 3.63) is 29.8 Å². The molecule has 1 aromatic carbocycles. The van der Waals surface area contributed by atoms with Gasteiger partial charge < -0.3 is 10.1 Å². The summed E-state index contributed by atoms with van der Waals surface area (Å²) in [6.45, 7) is 2.19. The molecule has 2 N–H and O–H groups in total. The molecule has 118 valence electrons. The smallest absolute Gasteiger partial charge is 0.337 e. The van der Waals surface area contributed by atoms with E-state index in [0.717, 1.165) is 19.5 Å². The Morgan fingerprint density at radius 2 is 2.05 bits per heavy atom. The summed E-state index contributed by atoms with van der Waals surface area (Å²) in [4.78, 5) is 11.4. The van der Waals surface area contributed by atoms with Gasteiger partial charge >= 0.3 is 5.97 Å². The lowest BCUT2D eigenvalue weighted by Gasteiger charge is -2.11. The molecule has 21 heavy (non-hydrogen) atoms. The second kappa shape index (κ2) is 7.74.